The van der Waals surface area contributed by atoms with Crippen LogP contribution in [0.5, 0.6) is 11.5 Å². The minimum Gasteiger partial charge on any atom is -0.507 e. The first-order chi connectivity index (χ1) is 13.7. The number of halogens is 3. The van der Waals surface area contributed by atoms with Gasteiger partial charge in [0.15, 0.2) is 5.75 Å². The summed E-state index contributed by atoms with van der Waals surface area (Å²) in [4.78, 5) is 0. The number of rotatable bonds is 3. The molecule has 0 spiro atoms. The summed E-state index contributed by atoms with van der Waals surface area (Å²) >= 11 is 0. The Kier molecular flexibility index (Phi) is 5.01. The molecule has 0 heterocycles. The van der Waals surface area contributed by atoms with E-state index in [0.29, 0.717) is 18.4 Å². The van der Waals surface area contributed by atoms with Gasteiger partial charge in [-0.2, -0.15) is 21.6 Å². The average Bonchev–Trinajstić information content (AvgIpc) is 2.67. The molecular weight excluding hydrogens is 405 g/mol. The maximum atomic E-state index is 13.0. The van der Waals surface area contributed by atoms with Crippen LogP contribution in [0.15, 0.2) is 24.3 Å². The fraction of sp³-hybridized carbons (Fsp3) is 0.429. The lowest BCUT2D eigenvalue weighted by atomic mass is 9.80. The van der Waals surface area contributed by atoms with Crippen molar-refractivity contribution in [1.29, 1.82) is 0 Å². The van der Waals surface area contributed by atoms with E-state index >= 15 is 0 Å². The van der Waals surface area contributed by atoms with Crippen molar-refractivity contribution in [2.75, 3.05) is 0 Å². The Morgan fingerprint density at radius 3 is 1.90 bits per heavy atom. The Bertz CT molecular complexity index is 1060. The molecule has 0 unspecified atom stereocenters. The second-order valence-electron chi connectivity index (χ2n) is 7.57. The molecule has 0 atom stereocenters. The summed E-state index contributed by atoms with van der Waals surface area (Å²) < 4.78 is 67.0. The van der Waals surface area contributed by atoms with Gasteiger partial charge in [0.2, 0.25) is 0 Å². The van der Waals surface area contributed by atoms with E-state index in [2.05, 4.69) is 4.18 Å². The number of alkyl halides is 3. The van der Waals surface area contributed by atoms with Gasteiger partial charge in [0.05, 0.1) is 0 Å². The van der Waals surface area contributed by atoms with Crippen molar-refractivity contribution in [3.05, 3.63) is 46.5 Å². The molecule has 8 heteroatoms. The fourth-order valence-corrected chi connectivity index (χ4v) is 4.88. The van der Waals surface area contributed by atoms with E-state index in [-0.39, 0.29) is 17.1 Å². The van der Waals surface area contributed by atoms with Crippen molar-refractivity contribution in [2.45, 2.75) is 56.9 Å². The third kappa shape index (κ3) is 3.58. The first kappa shape index (κ1) is 20.1. The number of phenols is 1. The summed E-state index contributed by atoms with van der Waals surface area (Å²) in [5.41, 5.74) is -1.22. The van der Waals surface area contributed by atoms with Crippen LogP contribution in [0.1, 0.15) is 47.9 Å². The van der Waals surface area contributed by atoms with Gasteiger partial charge in [-0.05, 0) is 85.8 Å². The fourth-order valence-electron chi connectivity index (χ4n) is 4.41. The SMILES string of the molecule is O=S(=O)(Oc1ccc2c(c1-c1c(O)ccc3c1CCCC3)CCCC2)C(F)(F)F. The molecule has 0 aliphatic heterocycles. The number of benzene rings is 2. The predicted octanol–water partition coefficient (Wildman–Crippen LogP) is 5.05. The van der Waals surface area contributed by atoms with Crippen molar-refractivity contribution in [3.8, 4) is 22.6 Å². The third-order valence-corrected chi connectivity index (χ3v) is 6.70. The highest BCUT2D eigenvalue weighted by Crippen LogP contribution is 2.47. The highest BCUT2D eigenvalue weighted by molar-refractivity contribution is 7.88. The molecule has 0 saturated heterocycles. The van der Waals surface area contributed by atoms with Gasteiger partial charge in [-0.3, -0.25) is 0 Å². The summed E-state index contributed by atoms with van der Waals surface area (Å²) in [5, 5.41) is 10.7. The third-order valence-electron chi connectivity index (χ3n) is 5.74. The number of aromatic hydroxyl groups is 1. The van der Waals surface area contributed by atoms with Crippen molar-refractivity contribution in [2.24, 2.45) is 0 Å². The second kappa shape index (κ2) is 7.23. The number of hydrogen-bond donors (Lipinski definition) is 1. The summed E-state index contributed by atoms with van der Waals surface area (Å²) in [6.07, 6.45) is 6.52. The number of hydrogen-bond acceptors (Lipinski definition) is 4. The molecule has 0 radical (unpaired) electrons. The van der Waals surface area contributed by atoms with Gasteiger partial charge in [-0.15, -0.1) is 0 Å². The van der Waals surface area contributed by atoms with E-state index in [9.17, 15) is 26.7 Å². The monoisotopic (exact) mass is 426 g/mol. The molecule has 2 aromatic carbocycles. The highest BCUT2D eigenvalue weighted by atomic mass is 32.2. The molecule has 0 bridgehead atoms. The first-order valence-electron chi connectivity index (χ1n) is 9.68. The van der Waals surface area contributed by atoms with Gasteiger partial charge in [0, 0.05) is 11.1 Å². The van der Waals surface area contributed by atoms with Crippen LogP contribution in [-0.2, 0) is 35.8 Å². The lowest BCUT2D eigenvalue weighted by Gasteiger charge is -2.26. The van der Waals surface area contributed by atoms with Crippen LogP contribution < -0.4 is 4.18 Å². The second-order valence-corrected chi connectivity index (χ2v) is 9.11. The summed E-state index contributed by atoms with van der Waals surface area (Å²) in [5.74, 6) is -0.448. The van der Waals surface area contributed by atoms with Gasteiger partial charge in [0.1, 0.15) is 5.75 Å². The molecule has 4 rings (SSSR count). The Morgan fingerprint density at radius 2 is 1.31 bits per heavy atom. The molecule has 0 aromatic heterocycles. The first-order valence-corrected chi connectivity index (χ1v) is 11.1. The molecule has 0 fully saturated rings. The molecule has 2 aliphatic rings. The molecule has 2 aliphatic carbocycles. The summed E-state index contributed by atoms with van der Waals surface area (Å²) in [6.45, 7) is 0. The smallest absolute Gasteiger partial charge is 0.507 e. The topological polar surface area (TPSA) is 63.6 Å². The molecule has 156 valence electrons. The normalized spacial score (nSPS) is 16.8. The van der Waals surface area contributed by atoms with Crippen LogP contribution in [0.2, 0.25) is 0 Å². The molecular formula is C21H21F3O4S. The quantitative estimate of drug-likeness (QED) is 0.551. The zero-order valence-electron chi connectivity index (χ0n) is 15.7. The van der Waals surface area contributed by atoms with Crippen molar-refractivity contribution in [3.63, 3.8) is 0 Å². The Balaban J connectivity index is 1.98. The van der Waals surface area contributed by atoms with E-state index < -0.39 is 15.6 Å². The largest absolute Gasteiger partial charge is 0.534 e. The minimum atomic E-state index is -5.82. The van der Waals surface area contributed by atoms with E-state index in [1.165, 1.54) is 12.1 Å². The van der Waals surface area contributed by atoms with Crippen LogP contribution in [-0.4, -0.2) is 19.0 Å². The maximum absolute atomic E-state index is 13.0. The lowest BCUT2D eigenvalue weighted by Crippen LogP contribution is -2.28. The van der Waals surface area contributed by atoms with Crippen molar-refractivity contribution >= 4 is 10.1 Å². The van der Waals surface area contributed by atoms with E-state index in [4.69, 9.17) is 0 Å². The standard InChI is InChI=1S/C21H21F3O4S/c22-21(23,24)29(26,27)28-18-12-10-14-6-2-4-8-16(14)20(18)19-15-7-3-1-5-13(15)9-11-17(19)25/h9-12,25H,1-8H2. The predicted molar refractivity (Wildman–Crippen MR) is 102 cm³/mol. The van der Waals surface area contributed by atoms with Crippen molar-refractivity contribution in [1.82, 2.24) is 0 Å². The van der Waals surface area contributed by atoms with Crippen LogP contribution in [0, 0.1) is 0 Å². The van der Waals surface area contributed by atoms with E-state index in [1.54, 1.807) is 6.07 Å². The highest BCUT2D eigenvalue weighted by Gasteiger charge is 2.49. The van der Waals surface area contributed by atoms with Gasteiger partial charge in [-0.1, -0.05) is 12.1 Å². The minimum absolute atomic E-state index is 0.0705. The summed E-state index contributed by atoms with van der Waals surface area (Å²) in [7, 11) is -5.82. The zero-order chi connectivity index (χ0) is 20.8. The van der Waals surface area contributed by atoms with Crippen molar-refractivity contribution < 1.29 is 30.9 Å². The lowest BCUT2D eigenvalue weighted by molar-refractivity contribution is -0.0499. The molecule has 2 aromatic rings. The number of fused-ring (bicyclic) bond motifs is 2. The van der Waals surface area contributed by atoms with Crippen LogP contribution in [0.4, 0.5) is 13.2 Å². The van der Waals surface area contributed by atoms with Gasteiger partial charge in [-0.25, -0.2) is 0 Å². The summed E-state index contributed by atoms with van der Waals surface area (Å²) in [6, 6.07) is 6.27. The number of aryl methyl sites for hydroxylation is 2. The van der Waals surface area contributed by atoms with E-state index in [1.807, 2.05) is 6.07 Å². The van der Waals surface area contributed by atoms with Gasteiger partial charge in [0.25, 0.3) is 0 Å². The van der Waals surface area contributed by atoms with E-state index in [0.717, 1.165) is 60.8 Å². The average molecular weight is 426 g/mol. The van der Waals surface area contributed by atoms with Gasteiger partial charge >= 0.3 is 15.6 Å². The van der Waals surface area contributed by atoms with Crippen LogP contribution in [0.25, 0.3) is 11.1 Å². The van der Waals surface area contributed by atoms with Crippen LogP contribution >= 0.6 is 0 Å². The van der Waals surface area contributed by atoms with Crippen LogP contribution in [0.3, 0.4) is 0 Å². The Hall–Kier alpha value is -2.22. The maximum Gasteiger partial charge on any atom is 0.534 e. The zero-order valence-corrected chi connectivity index (χ0v) is 16.5. The Labute approximate surface area is 167 Å². The molecule has 0 amide bonds. The van der Waals surface area contributed by atoms with Gasteiger partial charge < -0.3 is 9.29 Å². The Morgan fingerprint density at radius 1 is 0.793 bits per heavy atom. The molecule has 4 nitrogen and oxygen atoms in total. The molecule has 1 N–H and O–H groups in total. The molecule has 29 heavy (non-hydrogen) atoms. The molecule has 0 saturated carbocycles. The number of phenolic OH excluding ortho intramolecular Hbond substituents is 1.